The molecular formula is C72H93BiCuN10O10-3. The molecule has 510 valence electrons. The number of para-hydroxylation sites is 1. The van der Waals surface area contributed by atoms with Crippen molar-refractivity contribution in [2.75, 3.05) is 29.0 Å². The number of carbonyl (C=O) groups is 6. The number of nitrogens with one attached hydrogen (secondary N) is 5. The summed E-state index contributed by atoms with van der Waals surface area (Å²) in [7, 11) is 0. The molecule has 22 heteroatoms. The van der Waals surface area contributed by atoms with Crippen LogP contribution < -0.4 is 31.9 Å². The van der Waals surface area contributed by atoms with Crippen LogP contribution in [0.2, 0.25) is 0 Å². The minimum atomic E-state index is -1.71. The summed E-state index contributed by atoms with van der Waals surface area (Å²) < 4.78 is 18.8. The van der Waals surface area contributed by atoms with E-state index >= 15 is 0 Å². The molecule has 10 rings (SSSR count). The summed E-state index contributed by atoms with van der Waals surface area (Å²) in [5.74, 6) is -1.15. The third-order valence-electron chi connectivity index (χ3n) is 12.6. The van der Waals surface area contributed by atoms with Crippen molar-refractivity contribution in [3.8, 4) is 0 Å². The number of hydrogen-bond acceptors (Lipinski definition) is 14. The van der Waals surface area contributed by atoms with Gasteiger partial charge in [-0.05, 0) is 106 Å². The molecule has 2 unspecified atom stereocenters. The number of hydrogen-bond donors (Lipinski definition) is 7. The average molecular weight is 1530 g/mol. The van der Waals surface area contributed by atoms with Gasteiger partial charge >= 0.3 is 77.1 Å². The molecular weight excluding hydrogens is 1440 g/mol. The first-order valence-corrected chi connectivity index (χ1v) is 32.8. The zero-order valence-corrected chi connectivity index (χ0v) is 60.8. The second-order valence-electron chi connectivity index (χ2n) is 23.4. The fourth-order valence-corrected chi connectivity index (χ4v) is 8.29. The number of anilines is 3. The minimum absolute atomic E-state index is 0. The fraction of sp³-hybridized carbons (Fsp3) is 0.333. The van der Waals surface area contributed by atoms with Crippen LogP contribution in [0, 0.1) is 29.0 Å². The van der Waals surface area contributed by atoms with Crippen LogP contribution in [0.15, 0.2) is 194 Å². The van der Waals surface area contributed by atoms with Gasteiger partial charge in [-0.3, -0.25) is 29.6 Å². The number of carboxylic acids is 2. The van der Waals surface area contributed by atoms with E-state index in [1.165, 1.54) is 13.8 Å². The Morgan fingerprint density at radius 3 is 1.18 bits per heavy atom. The molecule has 2 atom stereocenters. The Bertz CT molecular complexity index is 3240. The predicted molar refractivity (Wildman–Crippen MR) is 367 cm³/mol. The molecule has 2 aromatic heterocycles. The number of hydrazine groups is 2. The number of rotatable bonds is 9. The van der Waals surface area contributed by atoms with Gasteiger partial charge < -0.3 is 26.3 Å². The normalized spacial score (nSPS) is 13.1. The molecule has 8 aromatic rings. The second kappa shape index (κ2) is 43.3. The Labute approximate surface area is 580 Å². The fourth-order valence-electron chi connectivity index (χ4n) is 7.33. The van der Waals surface area contributed by atoms with Gasteiger partial charge in [0.25, 0.3) is 11.8 Å². The maximum Gasteiger partial charge on any atom is 0.308 e. The number of amides is 2. The largest absolute Gasteiger partial charge is 0.481 e. The number of aliphatic carboxylic acids is 2. The average Bonchev–Trinajstić information content (AvgIpc) is 1.69. The molecule has 6 aromatic carbocycles. The summed E-state index contributed by atoms with van der Waals surface area (Å²) in [6, 6.07) is 67.8. The molecule has 2 amide bonds. The molecule has 2 aliphatic rings. The Kier molecular flexibility index (Phi) is 37.5. The van der Waals surface area contributed by atoms with Crippen LogP contribution in [0.1, 0.15) is 156 Å². The Morgan fingerprint density at radius 1 is 0.553 bits per heavy atom. The third kappa shape index (κ3) is 31.8. The quantitative estimate of drug-likeness (QED) is 0.0523. The van der Waals surface area contributed by atoms with Crippen molar-refractivity contribution in [2.45, 2.75) is 134 Å². The SMILES string of the molecule is CC(=O)[O][Bi][O]C(C)=O.CC(C)(C)C(=O)O.CC(C)(C)C(=O)O.CC1CN(c2ccccc2)Nc2c(C(=O)NC(C)(C)c3ccccc3)cnn21.CC1CNNc2c(C(=O)NC(C)(C)c3ccccc3)cnn21.[2H]CC.[Cu].[c-]1ccccc1.[c-]1ccccc1.[c-]1ccccc1. The van der Waals surface area contributed by atoms with Crippen LogP contribution in [0.25, 0.3) is 0 Å². The number of nitrogens with zero attached hydrogens (tertiary/aromatic N) is 5. The Morgan fingerprint density at radius 2 is 0.872 bits per heavy atom. The van der Waals surface area contributed by atoms with E-state index in [9.17, 15) is 28.8 Å². The first kappa shape index (κ1) is 81.4. The van der Waals surface area contributed by atoms with Gasteiger partial charge in [0.15, 0.2) is 11.6 Å². The summed E-state index contributed by atoms with van der Waals surface area (Å²) in [5.41, 5.74) is 11.6. The van der Waals surface area contributed by atoms with Crippen LogP contribution in [-0.2, 0) is 53.0 Å². The van der Waals surface area contributed by atoms with Crippen LogP contribution in [-0.4, -0.2) is 103 Å². The van der Waals surface area contributed by atoms with E-state index in [4.69, 9.17) is 11.6 Å². The van der Waals surface area contributed by atoms with Crippen LogP contribution >= 0.6 is 0 Å². The Balaban J connectivity index is 0.000000591. The summed E-state index contributed by atoms with van der Waals surface area (Å²) in [4.78, 5) is 65.9. The van der Waals surface area contributed by atoms with E-state index in [0.29, 0.717) is 29.7 Å². The number of fused-ring (bicyclic) bond motifs is 2. The molecule has 94 heavy (non-hydrogen) atoms. The van der Waals surface area contributed by atoms with Gasteiger partial charge in [-0.15, -0.1) is 0 Å². The number of carboxylic acid groups (broad SMARTS) is 2. The molecule has 20 nitrogen and oxygen atoms in total. The summed E-state index contributed by atoms with van der Waals surface area (Å²) in [6.07, 6.45) is 3.26. The van der Waals surface area contributed by atoms with Crippen molar-refractivity contribution in [2.24, 2.45) is 10.8 Å². The molecule has 0 bridgehead atoms. The van der Waals surface area contributed by atoms with E-state index in [-0.39, 0.29) is 52.9 Å². The van der Waals surface area contributed by atoms with Gasteiger partial charge in [0.1, 0.15) is 11.1 Å². The summed E-state index contributed by atoms with van der Waals surface area (Å²) >= 11 is -1.71. The Hall–Kier alpha value is -8.68. The van der Waals surface area contributed by atoms with Gasteiger partial charge in [-0.1, -0.05) is 92.7 Å². The molecule has 4 heterocycles. The third-order valence-corrected chi connectivity index (χ3v) is 15.1. The van der Waals surface area contributed by atoms with Crippen molar-refractivity contribution in [3.05, 3.63) is 235 Å². The number of aromatic nitrogens is 4. The van der Waals surface area contributed by atoms with Gasteiger partial charge in [-0.25, -0.2) is 14.8 Å². The second-order valence-corrected chi connectivity index (χ2v) is 25.4. The first-order chi connectivity index (χ1) is 44.4. The van der Waals surface area contributed by atoms with E-state index < -0.39 is 58.0 Å². The van der Waals surface area contributed by atoms with Crippen LogP contribution in [0.5, 0.6) is 0 Å². The molecule has 0 aliphatic carbocycles. The van der Waals surface area contributed by atoms with Crippen molar-refractivity contribution in [1.29, 1.82) is 0 Å². The standard InChI is InChI=1S/C22H25N5O.C16H21N5O.3C6H5.2C5H10O2.2C2H4O2.C2H6.Bi.Cu/c1-16-15-26(18-12-8-5-9-13-18)25-20-19(14-23-27(16)20)21(28)24-22(2,3)17-10-6-4-7-11-17;1-11-9-17-20-14-13(10-18-21(11)14)15(22)19-16(2,3)12-7-5-4-6-8-12;3*1-2-4-6-5-3-1;2*1-5(2,3)4(6)7;2*1-2(3)4;1-2;;/h4-14,16,25H,15H2,1-3H3,(H,24,28);4-8,10-11,17,20H,9H2,1-3H3,(H,19,22);3*1-5H;2*1-3H3,(H,6,7);2*1H3,(H,3,4);1-2H3;;/q;;3*-1;;;;;;+2;/p-2/i;;;;;;;;;1D;;. The topological polar surface area (TPSA) is 260 Å². The zero-order valence-electron chi connectivity index (χ0n) is 57.4. The monoisotopic (exact) mass is 1530 g/mol. The first-order valence-electron chi connectivity index (χ1n) is 30.6. The minimum Gasteiger partial charge on any atom is -0.481 e. The molecule has 7 N–H and O–H groups in total. The summed E-state index contributed by atoms with van der Waals surface area (Å²) in [5, 5.41) is 33.6. The van der Waals surface area contributed by atoms with Gasteiger partial charge in [-0.2, -0.15) is 119 Å². The summed E-state index contributed by atoms with van der Waals surface area (Å²) in [6.45, 7) is 28.5. The zero-order chi connectivity index (χ0) is 70.3. The van der Waals surface area contributed by atoms with Crippen LogP contribution in [0.3, 0.4) is 0 Å². The van der Waals surface area contributed by atoms with Crippen LogP contribution in [0.4, 0.5) is 17.3 Å². The maximum atomic E-state index is 13.1. The molecule has 0 saturated carbocycles. The number of benzene rings is 6. The smallest absolute Gasteiger partial charge is 0.308 e. The number of carbonyl (C=O) groups excluding carboxylic acids is 4. The molecule has 0 spiro atoms. The van der Waals surface area contributed by atoms with E-state index in [1.54, 1.807) is 60.9 Å². The van der Waals surface area contributed by atoms with Gasteiger partial charge in [0.2, 0.25) is 0 Å². The molecule has 2 radical (unpaired) electrons. The maximum absolute atomic E-state index is 13.1. The van der Waals surface area contributed by atoms with E-state index in [0.717, 1.165) is 29.9 Å². The predicted octanol–water partition coefficient (Wildman–Crippen LogP) is 13.4. The van der Waals surface area contributed by atoms with Crippen molar-refractivity contribution in [1.82, 2.24) is 35.6 Å². The molecule has 2 aliphatic heterocycles. The molecule has 0 fully saturated rings. The van der Waals surface area contributed by atoms with Crippen molar-refractivity contribution >= 4 is 77.1 Å². The van der Waals surface area contributed by atoms with Crippen molar-refractivity contribution < 1.29 is 63.0 Å². The van der Waals surface area contributed by atoms with E-state index in [1.807, 2.05) is 219 Å². The molecule has 0 saturated heterocycles. The van der Waals surface area contributed by atoms with Gasteiger partial charge in [0, 0.05) is 25.0 Å². The van der Waals surface area contributed by atoms with Gasteiger partial charge in [0.05, 0.1) is 58.6 Å². The van der Waals surface area contributed by atoms with E-state index in [2.05, 4.69) is 79.8 Å². The van der Waals surface area contributed by atoms with Crippen molar-refractivity contribution in [3.63, 3.8) is 0 Å².